The third-order valence-corrected chi connectivity index (χ3v) is 4.03. The molecule has 2 heteroatoms. The highest BCUT2D eigenvalue weighted by Crippen LogP contribution is 2.35. The zero-order valence-corrected chi connectivity index (χ0v) is 11.8. The van der Waals surface area contributed by atoms with E-state index in [0.717, 1.165) is 24.7 Å². The molecule has 0 heterocycles. The van der Waals surface area contributed by atoms with Crippen molar-refractivity contribution in [3.63, 3.8) is 0 Å². The van der Waals surface area contributed by atoms with Gasteiger partial charge in [0.2, 0.25) is 0 Å². The summed E-state index contributed by atoms with van der Waals surface area (Å²) in [5.41, 5.74) is 3.47. The minimum Gasteiger partial charge on any atom is -0.376 e. The van der Waals surface area contributed by atoms with E-state index in [1.807, 2.05) is 18.2 Å². The number of allylic oxidation sites excluding steroid dienone is 2. The standard InChI is InChI=1S/C17H22O2/c1-13-8-9-16(17(13)10-18)14(2)11-19-12-15-6-4-3-5-7-15/h3-7,10,14,16H,8-9,11-12H2,1-2H3/t14-,16-/m0/s1. The van der Waals surface area contributed by atoms with Gasteiger partial charge in [-0.05, 0) is 42.7 Å². The molecule has 1 aromatic carbocycles. The first-order valence-corrected chi connectivity index (χ1v) is 6.99. The monoisotopic (exact) mass is 258 g/mol. The second-order valence-corrected chi connectivity index (χ2v) is 5.48. The van der Waals surface area contributed by atoms with Gasteiger partial charge in [-0.25, -0.2) is 0 Å². The van der Waals surface area contributed by atoms with Crippen LogP contribution in [0.25, 0.3) is 0 Å². The van der Waals surface area contributed by atoms with Crippen molar-refractivity contribution in [3.8, 4) is 0 Å². The Morgan fingerprint density at radius 2 is 2.11 bits per heavy atom. The fourth-order valence-corrected chi connectivity index (χ4v) is 2.82. The first-order valence-electron chi connectivity index (χ1n) is 6.99. The molecular weight excluding hydrogens is 236 g/mol. The van der Waals surface area contributed by atoms with E-state index in [1.165, 1.54) is 11.1 Å². The zero-order valence-electron chi connectivity index (χ0n) is 11.8. The Morgan fingerprint density at radius 1 is 1.37 bits per heavy atom. The predicted molar refractivity (Wildman–Crippen MR) is 76.8 cm³/mol. The molecule has 0 spiro atoms. The maximum Gasteiger partial charge on any atom is 0.146 e. The van der Waals surface area contributed by atoms with E-state index in [2.05, 4.69) is 26.0 Å². The van der Waals surface area contributed by atoms with E-state index in [-0.39, 0.29) is 0 Å². The molecule has 0 amide bonds. The number of carbonyl (C=O) groups excluding carboxylic acids is 1. The van der Waals surface area contributed by atoms with Crippen molar-refractivity contribution in [3.05, 3.63) is 47.0 Å². The molecule has 1 aromatic rings. The summed E-state index contributed by atoms with van der Waals surface area (Å²) >= 11 is 0. The van der Waals surface area contributed by atoms with Crippen LogP contribution in [0.1, 0.15) is 32.3 Å². The van der Waals surface area contributed by atoms with Crippen LogP contribution in [-0.4, -0.2) is 12.9 Å². The predicted octanol–water partition coefficient (Wildman–Crippen LogP) is 3.76. The number of benzene rings is 1. The fraction of sp³-hybridized carbons (Fsp3) is 0.471. The second-order valence-electron chi connectivity index (χ2n) is 5.48. The highest BCUT2D eigenvalue weighted by atomic mass is 16.5. The largest absolute Gasteiger partial charge is 0.376 e. The molecule has 19 heavy (non-hydrogen) atoms. The lowest BCUT2D eigenvalue weighted by Gasteiger charge is -2.20. The summed E-state index contributed by atoms with van der Waals surface area (Å²) in [5.74, 6) is 0.787. The second kappa shape index (κ2) is 6.67. The van der Waals surface area contributed by atoms with Gasteiger partial charge >= 0.3 is 0 Å². The van der Waals surface area contributed by atoms with E-state index in [1.54, 1.807) is 0 Å². The van der Waals surface area contributed by atoms with Crippen LogP contribution in [0, 0.1) is 11.8 Å². The van der Waals surface area contributed by atoms with Crippen LogP contribution in [0.5, 0.6) is 0 Å². The van der Waals surface area contributed by atoms with Gasteiger partial charge in [-0.1, -0.05) is 42.8 Å². The summed E-state index contributed by atoms with van der Waals surface area (Å²) in [7, 11) is 0. The number of aldehydes is 1. The molecule has 0 fully saturated rings. The molecule has 0 N–H and O–H groups in total. The Morgan fingerprint density at radius 3 is 2.79 bits per heavy atom. The highest BCUT2D eigenvalue weighted by molar-refractivity contribution is 5.76. The van der Waals surface area contributed by atoms with Gasteiger partial charge in [0, 0.05) is 0 Å². The Kier molecular flexibility index (Phi) is 4.92. The van der Waals surface area contributed by atoms with Gasteiger partial charge in [0.1, 0.15) is 6.29 Å². The van der Waals surface area contributed by atoms with Crippen LogP contribution in [0.2, 0.25) is 0 Å². The van der Waals surface area contributed by atoms with Gasteiger partial charge in [-0.2, -0.15) is 0 Å². The van der Waals surface area contributed by atoms with E-state index in [4.69, 9.17) is 4.74 Å². The van der Waals surface area contributed by atoms with E-state index in [9.17, 15) is 4.79 Å². The van der Waals surface area contributed by atoms with Gasteiger partial charge in [-0.15, -0.1) is 0 Å². The zero-order chi connectivity index (χ0) is 13.7. The van der Waals surface area contributed by atoms with Crippen LogP contribution >= 0.6 is 0 Å². The number of ether oxygens (including phenoxy) is 1. The Labute approximate surface area is 115 Å². The van der Waals surface area contributed by atoms with Crippen LogP contribution in [0.15, 0.2) is 41.5 Å². The van der Waals surface area contributed by atoms with Crippen molar-refractivity contribution >= 4 is 6.29 Å². The third kappa shape index (κ3) is 3.54. The summed E-state index contributed by atoms with van der Waals surface area (Å²) in [6.45, 7) is 5.61. The van der Waals surface area contributed by atoms with Crippen LogP contribution in [0.3, 0.4) is 0 Å². The summed E-state index contributed by atoms with van der Waals surface area (Å²) in [6, 6.07) is 10.2. The van der Waals surface area contributed by atoms with Crippen LogP contribution in [-0.2, 0) is 16.1 Å². The van der Waals surface area contributed by atoms with E-state index >= 15 is 0 Å². The fourth-order valence-electron chi connectivity index (χ4n) is 2.82. The molecule has 0 aliphatic heterocycles. The summed E-state index contributed by atoms with van der Waals surface area (Å²) < 4.78 is 5.78. The third-order valence-electron chi connectivity index (χ3n) is 4.03. The SMILES string of the molecule is CC1=C(C=O)[C@H]([C@@H](C)COCc2ccccc2)CC1. The van der Waals surface area contributed by atoms with Gasteiger partial charge in [0.25, 0.3) is 0 Å². The molecule has 0 radical (unpaired) electrons. The number of hydrogen-bond acceptors (Lipinski definition) is 2. The van der Waals surface area contributed by atoms with Crippen molar-refractivity contribution in [1.82, 2.24) is 0 Å². The quantitative estimate of drug-likeness (QED) is 0.726. The first kappa shape index (κ1) is 14.0. The molecule has 1 aliphatic carbocycles. The van der Waals surface area contributed by atoms with Crippen molar-refractivity contribution in [2.24, 2.45) is 11.8 Å². The average molecular weight is 258 g/mol. The lowest BCUT2D eigenvalue weighted by molar-refractivity contribution is -0.105. The van der Waals surface area contributed by atoms with Crippen molar-refractivity contribution in [2.75, 3.05) is 6.61 Å². The van der Waals surface area contributed by atoms with Crippen LogP contribution in [0.4, 0.5) is 0 Å². The van der Waals surface area contributed by atoms with E-state index in [0.29, 0.717) is 25.0 Å². The number of rotatable bonds is 6. The molecule has 2 rings (SSSR count). The molecule has 0 saturated heterocycles. The first-order chi connectivity index (χ1) is 9.22. The van der Waals surface area contributed by atoms with Crippen molar-refractivity contribution < 1.29 is 9.53 Å². The Balaban J connectivity index is 1.82. The van der Waals surface area contributed by atoms with Crippen molar-refractivity contribution in [1.29, 1.82) is 0 Å². The van der Waals surface area contributed by atoms with Gasteiger partial charge in [-0.3, -0.25) is 4.79 Å². The summed E-state index contributed by atoms with van der Waals surface area (Å²) in [4.78, 5) is 11.1. The van der Waals surface area contributed by atoms with Gasteiger partial charge in [0.05, 0.1) is 13.2 Å². The molecule has 0 aromatic heterocycles. The highest BCUT2D eigenvalue weighted by Gasteiger charge is 2.27. The molecule has 102 valence electrons. The topological polar surface area (TPSA) is 26.3 Å². The van der Waals surface area contributed by atoms with Gasteiger partial charge in [0.15, 0.2) is 0 Å². The molecular formula is C17H22O2. The van der Waals surface area contributed by atoms with Crippen LogP contribution < -0.4 is 0 Å². The Bertz CT molecular complexity index is 448. The maximum atomic E-state index is 11.1. The van der Waals surface area contributed by atoms with Gasteiger partial charge < -0.3 is 4.74 Å². The lowest BCUT2D eigenvalue weighted by Crippen LogP contribution is -2.17. The normalized spacial score (nSPS) is 20.6. The summed E-state index contributed by atoms with van der Waals surface area (Å²) in [6.07, 6.45) is 3.19. The lowest BCUT2D eigenvalue weighted by atomic mass is 9.89. The van der Waals surface area contributed by atoms with Crippen molar-refractivity contribution in [2.45, 2.75) is 33.3 Å². The molecule has 2 atom stereocenters. The molecule has 0 bridgehead atoms. The minimum absolute atomic E-state index is 0.383. The average Bonchev–Trinajstić information content (AvgIpc) is 2.81. The minimum atomic E-state index is 0.383. The molecule has 0 unspecified atom stereocenters. The Hall–Kier alpha value is -1.41. The smallest absolute Gasteiger partial charge is 0.146 e. The number of hydrogen-bond donors (Lipinski definition) is 0. The number of carbonyl (C=O) groups is 1. The summed E-state index contributed by atoms with van der Waals surface area (Å²) in [5, 5.41) is 0. The molecule has 2 nitrogen and oxygen atoms in total. The molecule has 0 saturated carbocycles. The maximum absolute atomic E-state index is 11.1. The molecule has 1 aliphatic rings. The van der Waals surface area contributed by atoms with E-state index < -0.39 is 0 Å².